The van der Waals surface area contributed by atoms with Gasteiger partial charge in [-0.05, 0) is 32.5 Å². The molecule has 110 valence electrons. The molecule has 2 atom stereocenters. The van der Waals surface area contributed by atoms with Crippen molar-refractivity contribution in [2.45, 2.75) is 31.3 Å². The molecule has 0 bridgehead atoms. The topological polar surface area (TPSA) is 49.6 Å². The highest BCUT2D eigenvalue weighted by molar-refractivity contribution is 5.77. The van der Waals surface area contributed by atoms with Gasteiger partial charge in [0.05, 0.1) is 0 Å². The molecule has 2 N–H and O–H groups in total. The standard InChI is InChI=1S/C16H25N3O/c1-18(2)14-9-6-10-19(12-14)16(20)11-15(17)13-7-4-3-5-8-13/h3-5,7-8,14-15H,6,9-12,17H2,1-2H3/t14-,15-/m1/s1. The minimum absolute atomic E-state index is 0.174. The number of piperidine rings is 1. The number of amides is 1. The van der Waals surface area contributed by atoms with Crippen LogP contribution in [-0.2, 0) is 4.79 Å². The molecule has 1 aliphatic heterocycles. The Labute approximate surface area is 121 Å². The van der Waals surface area contributed by atoms with Gasteiger partial charge in [0, 0.05) is 31.6 Å². The Hall–Kier alpha value is -1.39. The van der Waals surface area contributed by atoms with E-state index in [1.807, 2.05) is 35.2 Å². The van der Waals surface area contributed by atoms with Gasteiger partial charge >= 0.3 is 0 Å². The number of likely N-dealkylation sites (N-methyl/N-ethyl adjacent to an activating group) is 1. The van der Waals surface area contributed by atoms with E-state index in [0.29, 0.717) is 12.5 Å². The normalized spacial score (nSPS) is 21.0. The zero-order valence-electron chi connectivity index (χ0n) is 12.5. The first-order chi connectivity index (χ1) is 9.58. The predicted molar refractivity (Wildman–Crippen MR) is 81.3 cm³/mol. The second-order valence-electron chi connectivity index (χ2n) is 5.82. The summed E-state index contributed by atoms with van der Waals surface area (Å²) < 4.78 is 0. The Bertz CT molecular complexity index is 433. The summed E-state index contributed by atoms with van der Waals surface area (Å²) in [6.07, 6.45) is 2.64. The Morgan fingerprint density at radius 2 is 2.10 bits per heavy atom. The molecule has 4 heteroatoms. The van der Waals surface area contributed by atoms with Crippen molar-refractivity contribution in [2.24, 2.45) is 5.73 Å². The Balaban J connectivity index is 1.91. The minimum atomic E-state index is -0.205. The lowest BCUT2D eigenvalue weighted by Gasteiger charge is -2.36. The largest absolute Gasteiger partial charge is 0.341 e. The molecule has 1 fully saturated rings. The van der Waals surface area contributed by atoms with Gasteiger partial charge in [0.25, 0.3) is 0 Å². The van der Waals surface area contributed by atoms with Crippen LogP contribution in [0.25, 0.3) is 0 Å². The number of likely N-dealkylation sites (tertiary alicyclic amines) is 1. The van der Waals surface area contributed by atoms with Crippen molar-refractivity contribution in [2.75, 3.05) is 27.2 Å². The van der Waals surface area contributed by atoms with E-state index in [2.05, 4.69) is 19.0 Å². The highest BCUT2D eigenvalue weighted by Crippen LogP contribution is 2.18. The van der Waals surface area contributed by atoms with Gasteiger partial charge in [0.1, 0.15) is 0 Å². The van der Waals surface area contributed by atoms with Crippen LogP contribution in [0.15, 0.2) is 30.3 Å². The highest BCUT2D eigenvalue weighted by atomic mass is 16.2. The molecule has 2 rings (SSSR count). The maximum Gasteiger partial charge on any atom is 0.224 e. The van der Waals surface area contributed by atoms with Crippen LogP contribution in [0.4, 0.5) is 0 Å². The Morgan fingerprint density at radius 3 is 2.75 bits per heavy atom. The van der Waals surface area contributed by atoms with E-state index in [0.717, 1.165) is 25.1 Å². The molecule has 1 aromatic carbocycles. The van der Waals surface area contributed by atoms with E-state index in [9.17, 15) is 4.79 Å². The molecule has 1 amide bonds. The van der Waals surface area contributed by atoms with E-state index < -0.39 is 0 Å². The van der Waals surface area contributed by atoms with Crippen molar-refractivity contribution in [3.8, 4) is 0 Å². The zero-order valence-corrected chi connectivity index (χ0v) is 12.5. The summed E-state index contributed by atoms with van der Waals surface area (Å²) in [4.78, 5) is 16.6. The molecule has 0 unspecified atom stereocenters. The molecule has 1 aliphatic rings. The van der Waals surface area contributed by atoms with Gasteiger partial charge in [-0.1, -0.05) is 30.3 Å². The van der Waals surface area contributed by atoms with Gasteiger partial charge in [-0.25, -0.2) is 0 Å². The predicted octanol–water partition coefficient (Wildman–Crippen LogP) is 1.63. The Morgan fingerprint density at radius 1 is 1.40 bits per heavy atom. The fraction of sp³-hybridized carbons (Fsp3) is 0.562. The quantitative estimate of drug-likeness (QED) is 0.908. The van der Waals surface area contributed by atoms with Crippen LogP contribution < -0.4 is 5.73 Å². The second kappa shape index (κ2) is 6.86. The molecule has 0 radical (unpaired) electrons. The van der Waals surface area contributed by atoms with E-state index in [1.165, 1.54) is 6.42 Å². The highest BCUT2D eigenvalue weighted by Gasteiger charge is 2.25. The molecule has 0 aliphatic carbocycles. The molecule has 1 saturated heterocycles. The van der Waals surface area contributed by atoms with E-state index in [4.69, 9.17) is 5.73 Å². The van der Waals surface area contributed by atoms with E-state index >= 15 is 0 Å². The van der Waals surface area contributed by atoms with Crippen LogP contribution >= 0.6 is 0 Å². The molecule has 4 nitrogen and oxygen atoms in total. The van der Waals surface area contributed by atoms with Crippen LogP contribution in [0.5, 0.6) is 0 Å². The van der Waals surface area contributed by atoms with Crippen molar-refractivity contribution in [3.05, 3.63) is 35.9 Å². The van der Waals surface area contributed by atoms with E-state index in [-0.39, 0.29) is 11.9 Å². The van der Waals surface area contributed by atoms with Gasteiger partial charge in [-0.3, -0.25) is 4.79 Å². The first kappa shape index (κ1) is 15.0. The number of benzene rings is 1. The monoisotopic (exact) mass is 275 g/mol. The second-order valence-corrected chi connectivity index (χ2v) is 5.82. The maximum absolute atomic E-state index is 12.4. The molecule has 0 saturated carbocycles. The lowest BCUT2D eigenvalue weighted by Crippen LogP contribution is -2.48. The number of carbonyl (C=O) groups excluding carboxylic acids is 1. The molecule has 0 spiro atoms. The number of rotatable bonds is 4. The molecular weight excluding hydrogens is 250 g/mol. The SMILES string of the molecule is CN(C)[C@@H]1CCCN(C(=O)C[C@@H](N)c2ccccc2)C1. The molecule has 0 aromatic heterocycles. The number of hydrogen-bond acceptors (Lipinski definition) is 3. The fourth-order valence-electron chi connectivity index (χ4n) is 2.74. The van der Waals surface area contributed by atoms with Crippen LogP contribution in [0.3, 0.4) is 0 Å². The summed E-state index contributed by atoms with van der Waals surface area (Å²) in [7, 11) is 4.16. The summed E-state index contributed by atoms with van der Waals surface area (Å²) in [6, 6.07) is 10.1. The number of nitrogens with two attached hydrogens (primary N) is 1. The first-order valence-electron chi connectivity index (χ1n) is 7.32. The molecule has 1 heterocycles. The number of nitrogens with zero attached hydrogens (tertiary/aromatic N) is 2. The summed E-state index contributed by atoms with van der Waals surface area (Å²) in [6.45, 7) is 1.69. The average Bonchev–Trinajstić information content (AvgIpc) is 2.48. The van der Waals surface area contributed by atoms with Crippen molar-refractivity contribution in [1.29, 1.82) is 0 Å². The van der Waals surface area contributed by atoms with Crippen molar-refractivity contribution < 1.29 is 4.79 Å². The van der Waals surface area contributed by atoms with Crippen molar-refractivity contribution in [1.82, 2.24) is 9.80 Å². The third kappa shape index (κ3) is 3.81. The summed E-state index contributed by atoms with van der Waals surface area (Å²) in [5, 5.41) is 0. The molecule has 1 aromatic rings. The zero-order chi connectivity index (χ0) is 14.5. The summed E-state index contributed by atoms with van der Waals surface area (Å²) in [5.41, 5.74) is 7.17. The molecule has 20 heavy (non-hydrogen) atoms. The number of hydrogen-bond donors (Lipinski definition) is 1. The third-order valence-electron chi connectivity index (χ3n) is 4.10. The number of carbonyl (C=O) groups is 1. The smallest absolute Gasteiger partial charge is 0.224 e. The van der Waals surface area contributed by atoms with Crippen LogP contribution in [0, 0.1) is 0 Å². The summed E-state index contributed by atoms with van der Waals surface area (Å²) >= 11 is 0. The van der Waals surface area contributed by atoms with Gasteiger partial charge in [0.15, 0.2) is 0 Å². The van der Waals surface area contributed by atoms with Crippen LogP contribution in [-0.4, -0.2) is 48.9 Å². The lowest BCUT2D eigenvalue weighted by atomic mass is 10.0. The van der Waals surface area contributed by atoms with Crippen LogP contribution in [0.1, 0.15) is 30.9 Å². The summed E-state index contributed by atoms with van der Waals surface area (Å²) in [5.74, 6) is 0.174. The minimum Gasteiger partial charge on any atom is -0.341 e. The Kier molecular flexibility index (Phi) is 5.15. The van der Waals surface area contributed by atoms with Gasteiger partial charge in [0.2, 0.25) is 5.91 Å². The maximum atomic E-state index is 12.4. The van der Waals surface area contributed by atoms with Crippen LogP contribution in [0.2, 0.25) is 0 Å². The van der Waals surface area contributed by atoms with Crippen molar-refractivity contribution in [3.63, 3.8) is 0 Å². The first-order valence-corrected chi connectivity index (χ1v) is 7.32. The fourth-order valence-corrected chi connectivity index (χ4v) is 2.74. The van der Waals surface area contributed by atoms with Gasteiger partial charge in [-0.2, -0.15) is 0 Å². The van der Waals surface area contributed by atoms with Gasteiger partial charge in [-0.15, -0.1) is 0 Å². The van der Waals surface area contributed by atoms with E-state index in [1.54, 1.807) is 0 Å². The van der Waals surface area contributed by atoms with Gasteiger partial charge < -0.3 is 15.5 Å². The third-order valence-corrected chi connectivity index (χ3v) is 4.10. The molecular formula is C16H25N3O. The average molecular weight is 275 g/mol. The lowest BCUT2D eigenvalue weighted by molar-refractivity contribution is -0.133. The van der Waals surface area contributed by atoms with Crippen molar-refractivity contribution >= 4 is 5.91 Å².